The predicted octanol–water partition coefficient (Wildman–Crippen LogP) is 5.06. The predicted molar refractivity (Wildman–Crippen MR) is 90.5 cm³/mol. The first kappa shape index (κ1) is 13.3. The normalized spacial score (nSPS) is 16.2. The number of allylic oxidation sites excluding steroid dienone is 2. The fourth-order valence-electron chi connectivity index (χ4n) is 2.73. The van der Waals surface area contributed by atoms with E-state index < -0.39 is 0 Å². The van der Waals surface area contributed by atoms with Gasteiger partial charge < -0.3 is 9.84 Å². The van der Waals surface area contributed by atoms with Crippen LogP contribution in [0, 0.1) is 0 Å². The Kier molecular flexibility index (Phi) is 3.28. The Labute approximate surface area is 133 Å². The minimum absolute atomic E-state index is 0.238. The van der Waals surface area contributed by atoms with Crippen molar-refractivity contribution >= 4 is 17.3 Å². The minimum Gasteiger partial charge on any atom is -0.507 e. The molecule has 0 atom stereocenters. The number of hydrogen-bond donors (Lipinski definition) is 1. The molecule has 0 unspecified atom stereocenters. The van der Waals surface area contributed by atoms with Crippen LogP contribution in [0.1, 0.15) is 11.1 Å². The van der Waals surface area contributed by atoms with Gasteiger partial charge in [-0.2, -0.15) is 0 Å². The van der Waals surface area contributed by atoms with Crippen LogP contribution in [0.5, 0.6) is 5.75 Å². The molecule has 0 aliphatic carbocycles. The zero-order valence-corrected chi connectivity index (χ0v) is 12.6. The van der Waals surface area contributed by atoms with Gasteiger partial charge in [0.05, 0.1) is 4.91 Å². The fourth-order valence-corrected chi connectivity index (χ4v) is 3.58. The Morgan fingerprint density at radius 2 is 1.73 bits per heavy atom. The van der Waals surface area contributed by atoms with E-state index in [1.165, 1.54) is 22.9 Å². The molecule has 2 heterocycles. The summed E-state index contributed by atoms with van der Waals surface area (Å²) in [5, 5.41) is 11.5. The van der Waals surface area contributed by atoms with Gasteiger partial charge in [-0.05, 0) is 23.6 Å². The molecule has 0 spiro atoms. The number of para-hydroxylation sites is 1. The Balaban J connectivity index is 1.85. The second-order valence-electron chi connectivity index (χ2n) is 5.24. The zero-order chi connectivity index (χ0) is 14.9. The van der Waals surface area contributed by atoms with Crippen LogP contribution < -0.4 is 4.74 Å². The average molecular weight is 306 g/mol. The molecule has 2 aromatic carbocycles. The standard InChI is InChI=1S/C19H14O2S/c20-14-11-18-19(22-12-14)16(10-13-6-2-1-3-7-13)15-8-4-5-9-17(15)21-18/h1-9,11-12,20H,10H2. The number of benzene rings is 2. The lowest BCUT2D eigenvalue weighted by Crippen LogP contribution is -2.11. The van der Waals surface area contributed by atoms with Crippen LogP contribution in [0.3, 0.4) is 0 Å². The van der Waals surface area contributed by atoms with E-state index in [-0.39, 0.29) is 5.76 Å². The van der Waals surface area contributed by atoms with Gasteiger partial charge in [-0.3, -0.25) is 0 Å². The van der Waals surface area contributed by atoms with E-state index in [0.717, 1.165) is 28.4 Å². The molecular formula is C19H14O2S. The zero-order valence-electron chi connectivity index (χ0n) is 11.8. The summed E-state index contributed by atoms with van der Waals surface area (Å²) in [6, 6.07) is 18.5. The van der Waals surface area contributed by atoms with Crippen LogP contribution in [-0.2, 0) is 6.42 Å². The van der Waals surface area contributed by atoms with E-state index in [4.69, 9.17) is 4.74 Å². The Morgan fingerprint density at radius 1 is 0.955 bits per heavy atom. The topological polar surface area (TPSA) is 29.5 Å². The summed E-state index contributed by atoms with van der Waals surface area (Å²) in [7, 11) is 0. The van der Waals surface area contributed by atoms with E-state index in [1.54, 1.807) is 11.5 Å². The molecule has 2 aromatic rings. The fraction of sp³-hybridized carbons (Fsp3) is 0.0526. The maximum atomic E-state index is 9.73. The Hall–Kier alpha value is -2.39. The lowest BCUT2D eigenvalue weighted by atomic mass is 9.95. The van der Waals surface area contributed by atoms with Crippen LogP contribution in [0.15, 0.2) is 82.5 Å². The molecule has 0 saturated carbocycles. The molecule has 2 aliphatic rings. The van der Waals surface area contributed by atoms with Crippen molar-refractivity contribution in [3.8, 4) is 5.75 Å². The summed E-state index contributed by atoms with van der Waals surface area (Å²) in [6.45, 7) is 0. The van der Waals surface area contributed by atoms with Gasteiger partial charge in [0.2, 0.25) is 0 Å². The monoisotopic (exact) mass is 306 g/mol. The third-order valence-corrected chi connectivity index (χ3v) is 4.77. The molecular weight excluding hydrogens is 292 g/mol. The van der Waals surface area contributed by atoms with Gasteiger partial charge in [0, 0.05) is 17.0 Å². The molecule has 0 fully saturated rings. The second kappa shape index (κ2) is 5.43. The van der Waals surface area contributed by atoms with Crippen molar-refractivity contribution < 1.29 is 9.84 Å². The maximum Gasteiger partial charge on any atom is 0.145 e. The van der Waals surface area contributed by atoms with Crippen LogP contribution in [-0.4, -0.2) is 5.11 Å². The largest absolute Gasteiger partial charge is 0.507 e. The van der Waals surface area contributed by atoms with Gasteiger partial charge in [0.15, 0.2) is 0 Å². The second-order valence-corrected chi connectivity index (χ2v) is 6.12. The summed E-state index contributed by atoms with van der Waals surface area (Å²) < 4.78 is 5.96. The van der Waals surface area contributed by atoms with Crippen LogP contribution >= 0.6 is 11.8 Å². The first-order valence-corrected chi connectivity index (χ1v) is 8.01. The molecule has 2 aliphatic heterocycles. The minimum atomic E-state index is 0.238. The van der Waals surface area contributed by atoms with E-state index in [1.807, 2.05) is 24.3 Å². The van der Waals surface area contributed by atoms with Gasteiger partial charge in [-0.15, -0.1) is 0 Å². The molecule has 0 saturated heterocycles. The average Bonchev–Trinajstić information content (AvgIpc) is 2.55. The molecule has 0 amide bonds. The summed E-state index contributed by atoms with van der Waals surface area (Å²) >= 11 is 1.52. The molecule has 1 N–H and O–H groups in total. The number of thioether (sulfide) groups is 1. The van der Waals surface area contributed by atoms with Crippen molar-refractivity contribution in [3.63, 3.8) is 0 Å². The molecule has 22 heavy (non-hydrogen) atoms. The highest BCUT2D eigenvalue weighted by molar-refractivity contribution is 8.06. The van der Waals surface area contributed by atoms with Crippen molar-refractivity contribution in [2.75, 3.05) is 0 Å². The molecule has 0 aromatic heterocycles. The van der Waals surface area contributed by atoms with E-state index >= 15 is 0 Å². The number of aliphatic hydroxyl groups is 1. The van der Waals surface area contributed by atoms with Crippen molar-refractivity contribution in [1.29, 1.82) is 0 Å². The van der Waals surface area contributed by atoms with Crippen LogP contribution in [0.2, 0.25) is 0 Å². The summed E-state index contributed by atoms with van der Waals surface area (Å²) in [5.41, 5.74) is 3.63. The first-order chi connectivity index (χ1) is 10.8. The summed E-state index contributed by atoms with van der Waals surface area (Å²) in [4.78, 5) is 1.08. The van der Waals surface area contributed by atoms with Crippen molar-refractivity contribution in [2.24, 2.45) is 0 Å². The highest BCUT2D eigenvalue weighted by Gasteiger charge is 2.26. The van der Waals surface area contributed by atoms with Crippen LogP contribution in [0.4, 0.5) is 0 Å². The molecule has 4 rings (SSSR count). The number of fused-ring (bicyclic) bond motifs is 2. The lowest BCUT2D eigenvalue weighted by molar-refractivity contribution is 0.406. The molecule has 108 valence electrons. The van der Waals surface area contributed by atoms with Crippen molar-refractivity contribution in [3.05, 3.63) is 93.6 Å². The molecule has 0 bridgehead atoms. The highest BCUT2D eigenvalue weighted by Crippen LogP contribution is 2.46. The Morgan fingerprint density at radius 3 is 2.59 bits per heavy atom. The van der Waals surface area contributed by atoms with Gasteiger partial charge in [0.1, 0.15) is 17.3 Å². The quantitative estimate of drug-likeness (QED) is 0.840. The first-order valence-electron chi connectivity index (χ1n) is 7.13. The number of aliphatic hydroxyl groups excluding tert-OH is 1. The van der Waals surface area contributed by atoms with Crippen molar-refractivity contribution in [1.82, 2.24) is 0 Å². The van der Waals surface area contributed by atoms with E-state index in [2.05, 4.69) is 30.3 Å². The Bertz CT molecular complexity index is 816. The van der Waals surface area contributed by atoms with Gasteiger partial charge in [0.25, 0.3) is 0 Å². The maximum absolute atomic E-state index is 9.73. The summed E-state index contributed by atoms with van der Waals surface area (Å²) in [6.07, 6.45) is 2.53. The molecule has 3 heteroatoms. The van der Waals surface area contributed by atoms with E-state index in [9.17, 15) is 5.11 Å². The van der Waals surface area contributed by atoms with Crippen LogP contribution in [0.25, 0.3) is 5.57 Å². The van der Waals surface area contributed by atoms with Gasteiger partial charge in [-0.1, -0.05) is 60.3 Å². The molecule has 0 radical (unpaired) electrons. The third kappa shape index (κ3) is 2.34. The highest BCUT2D eigenvalue weighted by atomic mass is 32.2. The summed E-state index contributed by atoms with van der Waals surface area (Å²) in [5.74, 6) is 1.82. The third-order valence-electron chi connectivity index (χ3n) is 3.73. The molecule has 2 nitrogen and oxygen atoms in total. The number of ether oxygens (including phenoxy) is 1. The number of hydrogen-bond acceptors (Lipinski definition) is 3. The smallest absolute Gasteiger partial charge is 0.145 e. The van der Waals surface area contributed by atoms with Gasteiger partial charge >= 0.3 is 0 Å². The number of rotatable bonds is 2. The lowest BCUT2D eigenvalue weighted by Gasteiger charge is -2.26. The SMILES string of the molecule is OC1=CSC2=C(Cc3ccccc3)c3ccccc3OC2=C1. The van der Waals surface area contributed by atoms with Crippen molar-refractivity contribution in [2.45, 2.75) is 6.42 Å². The van der Waals surface area contributed by atoms with E-state index in [0.29, 0.717) is 0 Å². The van der Waals surface area contributed by atoms with Gasteiger partial charge in [-0.25, -0.2) is 0 Å².